The van der Waals surface area contributed by atoms with Gasteiger partial charge in [0.25, 0.3) is 5.91 Å². The smallest absolute Gasteiger partial charge is 0.326 e. The SMILES string of the molecule is CSCC[C@H](NC(=O)c1ccc(CC2CCCCCC2CC2CCCCC2)cc1-c1ccccc1C)C(=O)O. The Morgan fingerprint density at radius 2 is 1.62 bits per heavy atom. The van der Waals surface area contributed by atoms with Crippen molar-refractivity contribution >= 4 is 23.6 Å². The molecule has 4 rings (SSSR count). The van der Waals surface area contributed by atoms with Gasteiger partial charge in [-0.05, 0) is 90.7 Å². The number of rotatable bonds is 11. The molecule has 4 nitrogen and oxygen atoms in total. The third kappa shape index (κ3) is 8.36. The second kappa shape index (κ2) is 14.9. The summed E-state index contributed by atoms with van der Waals surface area (Å²) in [5.41, 5.74) is 4.92. The van der Waals surface area contributed by atoms with Crippen LogP contribution in [0.5, 0.6) is 0 Å². The van der Waals surface area contributed by atoms with Gasteiger partial charge in [0.05, 0.1) is 0 Å². The Bertz CT molecular complexity index is 1090. The molecule has 2 aromatic carbocycles. The standard InChI is InChI=1S/C34H47NO3S/c1-24-11-9-10-16-29(24)31-23-26(17-18-30(31)33(36)35-32(34(37)38)19-20-39-2)22-28-15-8-4-7-14-27(28)21-25-12-5-3-6-13-25/h9-11,16-18,23,25,27-28,32H,3-8,12-15,19-22H2,1-2H3,(H,35,36)(H,37,38)/t27?,28?,32-/m0/s1. The Morgan fingerprint density at radius 1 is 0.923 bits per heavy atom. The Hall–Kier alpha value is -2.27. The Labute approximate surface area is 239 Å². The van der Waals surface area contributed by atoms with Crippen molar-refractivity contribution in [1.82, 2.24) is 5.32 Å². The predicted molar refractivity (Wildman–Crippen MR) is 163 cm³/mol. The molecule has 0 saturated heterocycles. The molecule has 39 heavy (non-hydrogen) atoms. The molecule has 1 amide bonds. The van der Waals surface area contributed by atoms with Gasteiger partial charge >= 0.3 is 5.97 Å². The molecule has 2 aliphatic rings. The number of carboxylic acids is 1. The molecule has 2 aliphatic carbocycles. The largest absolute Gasteiger partial charge is 0.480 e. The van der Waals surface area contributed by atoms with Gasteiger partial charge < -0.3 is 10.4 Å². The molecular weight excluding hydrogens is 502 g/mol. The van der Waals surface area contributed by atoms with Gasteiger partial charge in [-0.2, -0.15) is 11.8 Å². The fourth-order valence-corrected chi connectivity index (χ4v) is 7.41. The molecule has 212 valence electrons. The van der Waals surface area contributed by atoms with E-state index in [2.05, 4.69) is 36.5 Å². The summed E-state index contributed by atoms with van der Waals surface area (Å²) in [5, 5.41) is 12.5. The van der Waals surface area contributed by atoms with Crippen LogP contribution < -0.4 is 5.32 Å². The summed E-state index contributed by atoms with van der Waals surface area (Å²) in [6.45, 7) is 2.08. The minimum atomic E-state index is -0.983. The summed E-state index contributed by atoms with van der Waals surface area (Å²) in [6, 6.07) is 13.6. The molecule has 2 unspecified atom stereocenters. The first-order valence-electron chi connectivity index (χ1n) is 15.2. The lowest BCUT2D eigenvalue weighted by Crippen LogP contribution is -2.41. The zero-order valence-electron chi connectivity index (χ0n) is 23.9. The summed E-state index contributed by atoms with van der Waals surface area (Å²) in [7, 11) is 0. The summed E-state index contributed by atoms with van der Waals surface area (Å²) in [6.07, 6.45) is 18.6. The van der Waals surface area contributed by atoms with Gasteiger partial charge in [0.2, 0.25) is 0 Å². The fourth-order valence-electron chi connectivity index (χ4n) is 6.94. The van der Waals surface area contributed by atoms with Gasteiger partial charge in [0.15, 0.2) is 0 Å². The molecule has 0 heterocycles. The highest BCUT2D eigenvalue weighted by Gasteiger charge is 2.28. The number of benzene rings is 2. The lowest BCUT2D eigenvalue weighted by Gasteiger charge is -2.31. The molecule has 2 N–H and O–H groups in total. The number of nitrogens with one attached hydrogen (secondary N) is 1. The number of aliphatic carboxylic acids is 1. The summed E-state index contributed by atoms with van der Waals surface area (Å²) in [5.74, 6) is 1.80. The normalized spacial score (nSPS) is 21.2. The first kappa shape index (κ1) is 29.7. The fraction of sp³-hybridized carbons (Fsp3) is 0.588. The van der Waals surface area contributed by atoms with Crippen molar-refractivity contribution < 1.29 is 14.7 Å². The highest BCUT2D eigenvalue weighted by Crippen LogP contribution is 2.39. The van der Waals surface area contributed by atoms with Crippen molar-refractivity contribution in [3.63, 3.8) is 0 Å². The van der Waals surface area contributed by atoms with Gasteiger partial charge in [0.1, 0.15) is 6.04 Å². The van der Waals surface area contributed by atoms with Gasteiger partial charge in [-0.15, -0.1) is 0 Å². The van der Waals surface area contributed by atoms with Gasteiger partial charge in [-0.3, -0.25) is 4.79 Å². The monoisotopic (exact) mass is 549 g/mol. The number of hydrogen-bond acceptors (Lipinski definition) is 3. The number of thioether (sulfide) groups is 1. The molecule has 0 aliphatic heterocycles. The molecule has 0 radical (unpaired) electrons. The van der Waals surface area contributed by atoms with Gasteiger partial charge in [-0.25, -0.2) is 4.79 Å². The van der Waals surface area contributed by atoms with Crippen molar-refractivity contribution in [1.29, 1.82) is 0 Å². The van der Waals surface area contributed by atoms with E-state index < -0.39 is 12.0 Å². The van der Waals surface area contributed by atoms with E-state index in [1.807, 2.05) is 24.5 Å². The first-order chi connectivity index (χ1) is 19.0. The second-order valence-electron chi connectivity index (χ2n) is 11.9. The number of amides is 1. The van der Waals surface area contributed by atoms with E-state index in [-0.39, 0.29) is 5.91 Å². The molecule has 0 spiro atoms. The minimum Gasteiger partial charge on any atom is -0.480 e. The van der Waals surface area contributed by atoms with E-state index in [1.165, 1.54) is 76.2 Å². The van der Waals surface area contributed by atoms with E-state index in [9.17, 15) is 14.7 Å². The van der Waals surface area contributed by atoms with E-state index in [0.29, 0.717) is 23.7 Å². The molecular formula is C34H47NO3S. The van der Waals surface area contributed by atoms with Crippen LogP contribution in [0.15, 0.2) is 42.5 Å². The lowest BCUT2D eigenvalue weighted by molar-refractivity contribution is -0.139. The van der Waals surface area contributed by atoms with Crippen LogP contribution in [0.1, 0.15) is 98.5 Å². The van der Waals surface area contributed by atoms with Crippen LogP contribution in [0.25, 0.3) is 11.1 Å². The predicted octanol–water partition coefficient (Wildman–Crippen LogP) is 8.31. The maximum absolute atomic E-state index is 13.5. The van der Waals surface area contributed by atoms with Crippen molar-refractivity contribution in [3.8, 4) is 11.1 Å². The second-order valence-corrected chi connectivity index (χ2v) is 12.9. The summed E-state index contributed by atoms with van der Waals surface area (Å²) >= 11 is 1.59. The van der Waals surface area contributed by atoms with Crippen molar-refractivity contribution in [3.05, 3.63) is 59.2 Å². The van der Waals surface area contributed by atoms with Crippen molar-refractivity contribution in [2.75, 3.05) is 12.0 Å². The summed E-state index contributed by atoms with van der Waals surface area (Å²) in [4.78, 5) is 25.3. The van der Waals surface area contributed by atoms with Crippen LogP contribution in [0.2, 0.25) is 0 Å². The van der Waals surface area contributed by atoms with Crippen LogP contribution in [0.3, 0.4) is 0 Å². The quantitative estimate of drug-likeness (QED) is 0.277. The molecule has 0 bridgehead atoms. The third-order valence-corrected chi connectivity index (χ3v) is 9.80. The van der Waals surface area contributed by atoms with Crippen LogP contribution in [-0.2, 0) is 11.2 Å². The van der Waals surface area contributed by atoms with Crippen molar-refractivity contribution in [2.24, 2.45) is 17.8 Å². The third-order valence-electron chi connectivity index (χ3n) is 9.15. The topological polar surface area (TPSA) is 66.4 Å². The maximum atomic E-state index is 13.5. The lowest BCUT2D eigenvalue weighted by atomic mass is 9.74. The molecule has 2 fully saturated rings. The highest BCUT2D eigenvalue weighted by molar-refractivity contribution is 7.98. The van der Waals surface area contributed by atoms with E-state index in [0.717, 1.165) is 34.9 Å². The minimum absolute atomic E-state index is 0.307. The van der Waals surface area contributed by atoms with E-state index in [1.54, 1.807) is 11.8 Å². The first-order valence-corrected chi connectivity index (χ1v) is 16.6. The number of carboxylic acid groups (broad SMARTS) is 1. The maximum Gasteiger partial charge on any atom is 0.326 e. The zero-order valence-corrected chi connectivity index (χ0v) is 24.7. The molecule has 2 saturated carbocycles. The zero-order chi connectivity index (χ0) is 27.6. The van der Waals surface area contributed by atoms with Crippen LogP contribution in [0, 0.1) is 24.7 Å². The van der Waals surface area contributed by atoms with Crippen LogP contribution in [0.4, 0.5) is 0 Å². The Morgan fingerprint density at radius 3 is 2.31 bits per heavy atom. The average Bonchev–Trinajstić information content (AvgIpc) is 3.16. The molecule has 0 aromatic heterocycles. The molecule has 5 heteroatoms. The number of hydrogen-bond donors (Lipinski definition) is 2. The van der Waals surface area contributed by atoms with E-state index in [4.69, 9.17) is 0 Å². The van der Waals surface area contributed by atoms with E-state index >= 15 is 0 Å². The van der Waals surface area contributed by atoms with Crippen LogP contribution >= 0.6 is 11.8 Å². The highest BCUT2D eigenvalue weighted by atomic mass is 32.2. The number of carbonyl (C=O) groups is 2. The Kier molecular flexibility index (Phi) is 11.4. The van der Waals surface area contributed by atoms with Gasteiger partial charge in [0, 0.05) is 5.56 Å². The molecule has 2 aromatic rings. The number of carbonyl (C=O) groups excluding carboxylic acids is 1. The van der Waals surface area contributed by atoms with Gasteiger partial charge in [-0.1, -0.05) is 94.2 Å². The number of aryl methyl sites for hydroxylation is 1. The van der Waals surface area contributed by atoms with Crippen LogP contribution in [-0.4, -0.2) is 35.0 Å². The van der Waals surface area contributed by atoms with Crippen molar-refractivity contribution in [2.45, 2.75) is 96.4 Å². The Balaban J connectivity index is 1.60. The average molecular weight is 550 g/mol. The molecule has 3 atom stereocenters. The summed E-state index contributed by atoms with van der Waals surface area (Å²) < 4.78 is 0.